The Labute approximate surface area is 125 Å². The zero-order valence-electron chi connectivity index (χ0n) is 12.1. The Morgan fingerprint density at radius 1 is 1.45 bits per heavy atom. The van der Waals surface area contributed by atoms with Gasteiger partial charge in [0, 0.05) is 28.5 Å². The van der Waals surface area contributed by atoms with Crippen molar-refractivity contribution in [3.05, 3.63) is 34.6 Å². The molecule has 0 spiro atoms. The Bertz CT molecular complexity index is 466. The maximum atomic E-state index is 14.0. The zero-order valence-corrected chi connectivity index (χ0v) is 12.9. The average Bonchev–Trinajstić information content (AvgIpc) is 2.33. The van der Waals surface area contributed by atoms with E-state index in [1.54, 1.807) is 12.1 Å². The highest BCUT2D eigenvalue weighted by atomic mass is 35.5. The van der Waals surface area contributed by atoms with Gasteiger partial charge in [0.1, 0.15) is 5.82 Å². The molecule has 20 heavy (non-hydrogen) atoms. The number of rotatable bonds is 3. The standard InChI is InChI=1S/C16H23ClFNO/c1-15(2,19)14-8-3-4-9-16(14,20)10-11-12(17)6-5-7-13(11)18/h5-7,14,20H,3-4,8-10,19H2,1-2H3. The molecule has 0 amide bonds. The average molecular weight is 300 g/mol. The summed E-state index contributed by atoms with van der Waals surface area (Å²) in [5, 5.41) is 11.4. The largest absolute Gasteiger partial charge is 0.389 e. The summed E-state index contributed by atoms with van der Waals surface area (Å²) >= 11 is 6.09. The highest BCUT2D eigenvalue weighted by molar-refractivity contribution is 6.31. The molecule has 1 aromatic carbocycles. The second-order valence-electron chi connectivity index (χ2n) is 6.60. The summed E-state index contributed by atoms with van der Waals surface area (Å²) < 4.78 is 14.0. The van der Waals surface area contributed by atoms with Crippen LogP contribution in [-0.2, 0) is 6.42 Å². The molecule has 1 aliphatic rings. The van der Waals surface area contributed by atoms with Crippen LogP contribution in [-0.4, -0.2) is 16.2 Å². The number of nitrogens with two attached hydrogens (primary N) is 1. The molecular weight excluding hydrogens is 277 g/mol. The van der Waals surface area contributed by atoms with Crippen molar-refractivity contribution >= 4 is 11.6 Å². The normalized spacial score (nSPS) is 27.6. The van der Waals surface area contributed by atoms with Crippen LogP contribution < -0.4 is 5.73 Å². The molecule has 112 valence electrons. The van der Waals surface area contributed by atoms with Crippen LogP contribution in [0.4, 0.5) is 4.39 Å². The first kappa shape index (κ1) is 15.7. The molecule has 1 aliphatic carbocycles. The molecule has 2 atom stereocenters. The summed E-state index contributed by atoms with van der Waals surface area (Å²) in [5.41, 5.74) is 5.15. The van der Waals surface area contributed by atoms with Gasteiger partial charge in [-0.2, -0.15) is 0 Å². The zero-order chi connectivity index (χ0) is 15.0. The third-order valence-corrected chi connectivity index (χ3v) is 4.80. The second kappa shape index (κ2) is 5.63. The molecule has 0 aliphatic heterocycles. The quantitative estimate of drug-likeness (QED) is 0.894. The molecule has 3 N–H and O–H groups in total. The Kier molecular flexibility index (Phi) is 4.43. The molecule has 0 radical (unpaired) electrons. The molecule has 1 aromatic rings. The van der Waals surface area contributed by atoms with E-state index in [2.05, 4.69) is 0 Å². The third kappa shape index (κ3) is 3.16. The van der Waals surface area contributed by atoms with E-state index in [1.807, 2.05) is 13.8 Å². The van der Waals surface area contributed by atoms with Crippen molar-refractivity contribution < 1.29 is 9.50 Å². The minimum Gasteiger partial charge on any atom is -0.389 e. The summed E-state index contributed by atoms with van der Waals surface area (Å²) in [5.74, 6) is -0.413. The lowest BCUT2D eigenvalue weighted by Gasteiger charge is -2.47. The van der Waals surface area contributed by atoms with Gasteiger partial charge < -0.3 is 10.8 Å². The highest BCUT2D eigenvalue weighted by Crippen LogP contribution is 2.42. The van der Waals surface area contributed by atoms with E-state index >= 15 is 0 Å². The molecule has 4 heteroatoms. The molecule has 0 aromatic heterocycles. The molecule has 2 unspecified atom stereocenters. The fourth-order valence-electron chi connectivity index (χ4n) is 3.51. The van der Waals surface area contributed by atoms with E-state index in [0.717, 1.165) is 19.3 Å². The molecule has 1 fully saturated rings. The molecule has 0 bridgehead atoms. The van der Waals surface area contributed by atoms with Crippen molar-refractivity contribution in [1.82, 2.24) is 0 Å². The third-order valence-electron chi connectivity index (χ3n) is 4.44. The van der Waals surface area contributed by atoms with Crippen molar-refractivity contribution in [3.8, 4) is 0 Å². The topological polar surface area (TPSA) is 46.2 Å². The van der Waals surface area contributed by atoms with Crippen molar-refractivity contribution in [2.24, 2.45) is 11.7 Å². The molecule has 0 saturated heterocycles. The van der Waals surface area contributed by atoms with Gasteiger partial charge in [0.05, 0.1) is 5.60 Å². The second-order valence-corrected chi connectivity index (χ2v) is 7.01. The lowest BCUT2D eigenvalue weighted by atomic mass is 9.65. The van der Waals surface area contributed by atoms with Gasteiger partial charge in [-0.15, -0.1) is 0 Å². The van der Waals surface area contributed by atoms with Crippen molar-refractivity contribution in [2.45, 2.75) is 57.1 Å². The number of halogens is 2. The summed E-state index contributed by atoms with van der Waals surface area (Å²) in [7, 11) is 0. The molecule has 2 rings (SSSR count). The Balaban J connectivity index is 2.33. The van der Waals surface area contributed by atoms with Crippen molar-refractivity contribution in [3.63, 3.8) is 0 Å². The van der Waals surface area contributed by atoms with E-state index in [0.29, 0.717) is 17.0 Å². The van der Waals surface area contributed by atoms with Crippen LogP contribution in [0.2, 0.25) is 5.02 Å². The number of hydrogen-bond donors (Lipinski definition) is 2. The maximum Gasteiger partial charge on any atom is 0.127 e. The summed E-state index contributed by atoms with van der Waals surface area (Å²) in [6, 6.07) is 4.63. The molecular formula is C16H23ClFNO. The van der Waals surface area contributed by atoms with Crippen molar-refractivity contribution in [1.29, 1.82) is 0 Å². The van der Waals surface area contributed by atoms with Gasteiger partial charge >= 0.3 is 0 Å². The van der Waals surface area contributed by atoms with Gasteiger partial charge in [0.2, 0.25) is 0 Å². The summed E-state index contributed by atoms with van der Waals surface area (Å²) in [6.45, 7) is 3.85. The lowest BCUT2D eigenvalue weighted by molar-refractivity contribution is -0.0721. The highest BCUT2D eigenvalue weighted by Gasteiger charge is 2.45. The van der Waals surface area contributed by atoms with Crippen LogP contribution in [0, 0.1) is 11.7 Å². The number of hydrogen-bond acceptors (Lipinski definition) is 2. The summed E-state index contributed by atoms with van der Waals surface area (Å²) in [6.07, 6.45) is 3.73. The lowest BCUT2D eigenvalue weighted by Crippen LogP contribution is -2.56. The summed E-state index contributed by atoms with van der Waals surface area (Å²) in [4.78, 5) is 0. The molecule has 0 heterocycles. The van der Waals surface area contributed by atoms with Crippen LogP contribution in [0.5, 0.6) is 0 Å². The van der Waals surface area contributed by atoms with E-state index in [4.69, 9.17) is 17.3 Å². The van der Waals surface area contributed by atoms with Gasteiger partial charge in [0.25, 0.3) is 0 Å². The Hall–Kier alpha value is -0.640. The Morgan fingerprint density at radius 2 is 2.15 bits per heavy atom. The minimum atomic E-state index is -0.984. The van der Waals surface area contributed by atoms with E-state index < -0.39 is 11.1 Å². The number of benzene rings is 1. The molecule has 1 saturated carbocycles. The minimum absolute atomic E-state index is 0.0561. The van der Waals surface area contributed by atoms with E-state index in [9.17, 15) is 9.50 Å². The van der Waals surface area contributed by atoms with Crippen LogP contribution in [0.25, 0.3) is 0 Å². The van der Waals surface area contributed by atoms with Crippen LogP contribution in [0.15, 0.2) is 18.2 Å². The van der Waals surface area contributed by atoms with Gasteiger partial charge in [-0.25, -0.2) is 4.39 Å². The van der Waals surface area contributed by atoms with E-state index in [-0.39, 0.29) is 18.2 Å². The SMILES string of the molecule is CC(C)(N)C1CCCCC1(O)Cc1c(F)cccc1Cl. The smallest absolute Gasteiger partial charge is 0.127 e. The first-order chi connectivity index (χ1) is 9.24. The molecule has 2 nitrogen and oxygen atoms in total. The number of aliphatic hydroxyl groups is 1. The van der Waals surface area contributed by atoms with Gasteiger partial charge in [-0.3, -0.25) is 0 Å². The predicted molar refractivity (Wildman–Crippen MR) is 80.3 cm³/mol. The van der Waals surface area contributed by atoms with Gasteiger partial charge in [0.15, 0.2) is 0 Å². The first-order valence-electron chi connectivity index (χ1n) is 7.18. The first-order valence-corrected chi connectivity index (χ1v) is 7.56. The fraction of sp³-hybridized carbons (Fsp3) is 0.625. The van der Waals surface area contributed by atoms with E-state index in [1.165, 1.54) is 6.07 Å². The van der Waals surface area contributed by atoms with Crippen LogP contribution in [0.1, 0.15) is 45.1 Å². The van der Waals surface area contributed by atoms with Gasteiger partial charge in [-0.1, -0.05) is 30.5 Å². The van der Waals surface area contributed by atoms with Crippen molar-refractivity contribution in [2.75, 3.05) is 0 Å². The van der Waals surface area contributed by atoms with Gasteiger partial charge in [-0.05, 0) is 38.8 Å². The fourth-order valence-corrected chi connectivity index (χ4v) is 3.74. The predicted octanol–water partition coefficient (Wildman–Crippen LogP) is 3.68. The monoisotopic (exact) mass is 299 g/mol. The van der Waals surface area contributed by atoms with Crippen LogP contribution in [0.3, 0.4) is 0 Å². The Morgan fingerprint density at radius 3 is 2.75 bits per heavy atom. The van der Waals surface area contributed by atoms with Crippen LogP contribution >= 0.6 is 11.6 Å². The maximum absolute atomic E-state index is 14.0.